The van der Waals surface area contributed by atoms with Gasteiger partial charge in [0.25, 0.3) is 5.56 Å². The van der Waals surface area contributed by atoms with Crippen molar-refractivity contribution in [3.05, 3.63) is 64.1 Å². The van der Waals surface area contributed by atoms with Gasteiger partial charge in [0, 0.05) is 35.6 Å². The van der Waals surface area contributed by atoms with Crippen molar-refractivity contribution < 1.29 is 4.79 Å². The van der Waals surface area contributed by atoms with Gasteiger partial charge in [-0.3, -0.25) is 9.59 Å². The molecule has 3 heterocycles. The average molecular weight is 407 g/mol. The lowest BCUT2D eigenvalue weighted by Gasteiger charge is -2.46. The lowest BCUT2D eigenvalue weighted by Crippen LogP contribution is -2.58. The summed E-state index contributed by atoms with van der Waals surface area (Å²) in [5.74, 6) is 0.0244. The second-order valence-corrected chi connectivity index (χ2v) is 9.51. The van der Waals surface area contributed by atoms with Crippen molar-refractivity contribution in [1.82, 2.24) is 20.0 Å². The standard InChI is InChI=1S/C24H30N4O2/c1-16-11-12-22(29)27(26-16)15-23(30)28-19-14-24(2)20(9-6-10-21(24)28)25-18(19)13-17-7-4-3-5-8-17/h3-5,7-8,11-12,18-21,25H,6,9-10,13-15H2,1-2H3/t18-,19+,20-,21+,24-/m1/s1. The number of benzene rings is 1. The Morgan fingerprint density at radius 1 is 1.20 bits per heavy atom. The number of nitrogens with zero attached hydrogens (tertiary/aromatic N) is 3. The van der Waals surface area contributed by atoms with Crippen LogP contribution in [0.5, 0.6) is 0 Å². The number of carbonyl (C=O) groups is 1. The van der Waals surface area contributed by atoms with Crippen LogP contribution in [0.3, 0.4) is 0 Å². The van der Waals surface area contributed by atoms with E-state index in [4.69, 9.17) is 0 Å². The fraction of sp³-hybridized carbons (Fsp3) is 0.542. The second-order valence-electron chi connectivity index (χ2n) is 9.51. The van der Waals surface area contributed by atoms with Crippen LogP contribution in [-0.2, 0) is 17.8 Å². The van der Waals surface area contributed by atoms with Crippen LogP contribution in [0.2, 0.25) is 0 Å². The number of carbonyl (C=O) groups excluding carboxylic acids is 1. The molecule has 2 aliphatic heterocycles. The topological polar surface area (TPSA) is 67.2 Å². The molecule has 1 saturated carbocycles. The third-order valence-corrected chi connectivity index (χ3v) is 7.62. The Bertz CT molecular complexity index is 1000. The summed E-state index contributed by atoms with van der Waals surface area (Å²) in [5.41, 5.74) is 1.93. The number of rotatable bonds is 4. The summed E-state index contributed by atoms with van der Waals surface area (Å²) in [6, 6.07) is 14.8. The van der Waals surface area contributed by atoms with Crippen molar-refractivity contribution in [3.63, 3.8) is 0 Å². The SMILES string of the molecule is Cc1ccc(=O)n(CC(=O)N2[C@H]3CCC[C@H]4N[C@H](Cc5ccccc5)[C@@H]2C[C@@]34C)n1. The quantitative estimate of drug-likeness (QED) is 0.846. The molecule has 0 unspecified atom stereocenters. The highest BCUT2D eigenvalue weighted by atomic mass is 16.2. The molecule has 5 atom stereocenters. The van der Waals surface area contributed by atoms with Gasteiger partial charge in [0.1, 0.15) is 6.54 Å². The van der Waals surface area contributed by atoms with Crippen molar-refractivity contribution >= 4 is 5.91 Å². The molecule has 1 N–H and O–H groups in total. The van der Waals surface area contributed by atoms with Gasteiger partial charge in [0.2, 0.25) is 5.91 Å². The number of aryl methyl sites for hydroxylation is 1. The van der Waals surface area contributed by atoms with Gasteiger partial charge in [-0.2, -0.15) is 5.10 Å². The van der Waals surface area contributed by atoms with Crippen LogP contribution in [0.1, 0.15) is 43.9 Å². The highest BCUT2D eigenvalue weighted by Gasteiger charge is 2.60. The Kier molecular flexibility index (Phi) is 4.77. The molecule has 2 aromatic rings. The predicted octanol–water partition coefficient (Wildman–Crippen LogP) is 2.29. The summed E-state index contributed by atoms with van der Waals surface area (Å²) in [5, 5.41) is 8.22. The highest BCUT2D eigenvalue weighted by molar-refractivity contribution is 5.77. The van der Waals surface area contributed by atoms with Crippen molar-refractivity contribution in [2.24, 2.45) is 5.41 Å². The number of aromatic nitrogens is 2. The van der Waals surface area contributed by atoms with E-state index in [2.05, 4.69) is 46.5 Å². The number of hydrogen-bond donors (Lipinski definition) is 1. The Hall–Kier alpha value is -2.47. The fourth-order valence-electron chi connectivity index (χ4n) is 6.20. The zero-order chi connectivity index (χ0) is 20.9. The minimum Gasteiger partial charge on any atom is -0.333 e. The Balaban J connectivity index is 1.46. The molecule has 1 aromatic heterocycles. The van der Waals surface area contributed by atoms with E-state index in [1.165, 1.54) is 22.7 Å². The zero-order valence-electron chi connectivity index (χ0n) is 17.8. The van der Waals surface area contributed by atoms with E-state index in [-0.39, 0.29) is 41.6 Å². The average Bonchev–Trinajstić information content (AvgIpc) is 3.04. The molecule has 6 nitrogen and oxygen atoms in total. The molecular weight excluding hydrogens is 376 g/mol. The monoisotopic (exact) mass is 406 g/mol. The van der Waals surface area contributed by atoms with Crippen LogP contribution in [-0.4, -0.2) is 44.8 Å². The van der Waals surface area contributed by atoms with Crippen LogP contribution < -0.4 is 10.9 Å². The molecule has 5 rings (SSSR count). The van der Waals surface area contributed by atoms with E-state index >= 15 is 0 Å². The van der Waals surface area contributed by atoms with Crippen LogP contribution in [0.25, 0.3) is 0 Å². The zero-order valence-corrected chi connectivity index (χ0v) is 17.8. The first-order chi connectivity index (χ1) is 14.5. The van der Waals surface area contributed by atoms with E-state index in [0.717, 1.165) is 31.4 Å². The summed E-state index contributed by atoms with van der Waals surface area (Å²) in [6.07, 6.45) is 5.30. The molecule has 0 spiro atoms. The van der Waals surface area contributed by atoms with Crippen LogP contribution in [0.15, 0.2) is 47.3 Å². The molecule has 0 radical (unpaired) electrons. The Morgan fingerprint density at radius 2 is 2.00 bits per heavy atom. The van der Waals surface area contributed by atoms with E-state index in [9.17, 15) is 9.59 Å². The molecule has 1 aromatic carbocycles. The van der Waals surface area contributed by atoms with Crippen molar-refractivity contribution in [3.8, 4) is 0 Å². The smallest absolute Gasteiger partial charge is 0.267 e. The summed E-state index contributed by atoms with van der Waals surface area (Å²) >= 11 is 0. The number of fused-ring (bicyclic) bond motifs is 1. The molecule has 2 bridgehead atoms. The maximum Gasteiger partial charge on any atom is 0.267 e. The first kappa shape index (κ1) is 19.5. The number of hydrogen-bond acceptors (Lipinski definition) is 4. The lowest BCUT2D eigenvalue weighted by molar-refractivity contribution is -0.136. The van der Waals surface area contributed by atoms with Crippen LogP contribution in [0, 0.1) is 12.3 Å². The molecule has 6 heteroatoms. The first-order valence-electron chi connectivity index (χ1n) is 11.1. The summed E-state index contributed by atoms with van der Waals surface area (Å²) in [4.78, 5) is 27.9. The Morgan fingerprint density at radius 3 is 2.80 bits per heavy atom. The van der Waals surface area contributed by atoms with E-state index in [0.29, 0.717) is 6.04 Å². The number of piperidine rings is 1. The van der Waals surface area contributed by atoms with Crippen LogP contribution >= 0.6 is 0 Å². The van der Waals surface area contributed by atoms with Gasteiger partial charge < -0.3 is 10.2 Å². The third kappa shape index (κ3) is 3.18. The van der Waals surface area contributed by atoms with Gasteiger partial charge >= 0.3 is 0 Å². The highest BCUT2D eigenvalue weighted by Crippen LogP contribution is 2.53. The van der Waals surface area contributed by atoms with Crippen molar-refractivity contribution in [2.75, 3.05) is 0 Å². The molecule has 30 heavy (non-hydrogen) atoms. The molecule has 2 saturated heterocycles. The summed E-state index contributed by atoms with van der Waals surface area (Å²) in [6.45, 7) is 4.22. The normalized spacial score (nSPS) is 32.3. The van der Waals surface area contributed by atoms with Gasteiger partial charge in [-0.15, -0.1) is 0 Å². The van der Waals surface area contributed by atoms with Gasteiger partial charge in [0.15, 0.2) is 0 Å². The number of amides is 1. The van der Waals surface area contributed by atoms with Gasteiger partial charge in [-0.1, -0.05) is 37.3 Å². The Labute approximate surface area is 177 Å². The van der Waals surface area contributed by atoms with Crippen LogP contribution in [0.4, 0.5) is 0 Å². The molecular formula is C24H30N4O2. The van der Waals surface area contributed by atoms with E-state index < -0.39 is 0 Å². The summed E-state index contributed by atoms with van der Waals surface area (Å²) < 4.78 is 1.32. The number of nitrogens with one attached hydrogen (secondary N) is 1. The molecule has 3 aliphatic rings. The van der Waals surface area contributed by atoms with Crippen molar-refractivity contribution in [2.45, 2.75) is 76.7 Å². The minimum absolute atomic E-state index is 0.0202. The maximum absolute atomic E-state index is 13.6. The summed E-state index contributed by atoms with van der Waals surface area (Å²) in [7, 11) is 0. The van der Waals surface area contributed by atoms with E-state index in [1.54, 1.807) is 6.07 Å². The molecule has 1 aliphatic carbocycles. The molecule has 1 amide bonds. The van der Waals surface area contributed by atoms with Gasteiger partial charge in [-0.25, -0.2) is 4.68 Å². The minimum atomic E-state index is -0.220. The largest absolute Gasteiger partial charge is 0.333 e. The van der Waals surface area contributed by atoms with E-state index in [1.807, 2.05) is 13.0 Å². The first-order valence-corrected chi connectivity index (χ1v) is 11.1. The number of likely N-dealkylation sites (tertiary alicyclic amines) is 1. The van der Waals surface area contributed by atoms with Gasteiger partial charge in [-0.05, 0) is 50.7 Å². The van der Waals surface area contributed by atoms with Gasteiger partial charge in [0.05, 0.1) is 5.69 Å². The fourth-order valence-corrected chi connectivity index (χ4v) is 6.20. The maximum atomic E-state index is 13.6. The third-order valence-electron chi connectivity index (χ3n) is 7.62. The second kappa shape index (κ2) is 7.34. The predicted molar refractivity (Wildman–Crippen MR) is 115 cm³/mol. The lowest BCUT2D eigenvalue weighted by atomic mass is 9.65. The van der Waals surface area contributed by atoms with Crippen molar-refractivity contribution in [1.29, 1.82) is 0 Å². The molecule has 3 fully saturated rings. The molecule has 158 valence electrons.